The third-order valence-corrected chi connectivity index (χ3v) is 2.93. The molecule has 3 rings (SSSR count). The second kappa shape index (κ2) is 5.59. The summed E-state index contributed by atoms with van der Waals surface area (Å²) in [6, 6.07) is 12.0. The number of halogens is 1. The van der Waals surface area contributed by atoms with Crippen molar-refractivity contribution in [2.24, 2.45) is 0 Å². The number of hydrogen-bond donors (Lipinski definition) is 1. The lowest BCUT2D eigenvalue weighted by Crippen LogP contribution is -1.99. The molecular formula is C17H11FN3. The summed E-state index contributed by atoms with van der Waals surface area (Å²) in [7, 11) is 0. The molecule has 1 radical (unpaired) electrons. The zero-order chi connectivity index (χ0) is 14.7. The Hall–Kier alpha value is -2.93. The molecule has 0 amide bonds. The van der Waals surface area contributed by atoms with Gasteiger partial charge in [0.25, 0.3) is 0 Å². The highest BCUT2D eigenvalue weighted by Crippen LogP contribution is 2.19. The number of nitrogens with one attached hydrogen (secondary N) is 1. The van der Waals surface area contributed by atoms with E-state index in [9.17, 15) is 4.39 Å². The van der Waals surface area contributed by atoms with Gasteiger partial charge in [-0.25, -0.2) is 14.4 Å². The molecule has 1 aromatic heterocycles. The maximum atomic E-state index is 13.6. The lowest BCUT2D eigenvalue weighted by atomic mass is 10.1. The van der Waals surface area contributed by atoms with E-state index in [0.717, 1.165) is 16.5 Å². The molecule has 0 bridgehead atoms. The molecule has 0 fully saturated rings. The molecule has 0 saturated carbocycles. The first-order valence-electron chi connectivity index (χ1n) is 6.33. The van der Waals surface area contributed by atoms with E-state index in [0.29, 0.717) is 11.6 Å². The van der Waals surface area contributed by atoms with Gasteiger partial charge in [-0.1, -0.05) is 24.0 Å². The SMILES string of the molecule is [CH2]C#Cc1ccc2nc(Nc3ccccc3F)ncc2c1. The Morgan fingerprint density at radius 2 is 2.00 bits per heavy atom. The molecular weight excluding hydrogens is 265 g/mol. The minimum absolute atomic E-state index is 0.344. The van der Waals surface area contributed by atoms with Gasteiger partial charge in [-0.05, 0) is 30.3 Å². The van der Waals surface area contributed by atoms with Gasteiger partial charge in [-0.2, -0.15) is 0 Å². The van der Waals surface area contributed by atoms with Crippen LogP contribution < -0.4 is 5.32 Å². The average molecular weight is 276 g/mol. The topological polar surface area (TPSA) is 37.8 Å². The van der Waals surface area contributed by atoms with Crippen LogP contribution in [-0.4, -0.2) is 9.97 Å². The summed E-state index contributed by atoms with van der Waals surface area (Å²) in [5.41, 5.74) is 1.96. The fourth-order valence-corrected chi connectivity index (χ4v) is 1.96. The summed E-state index contributed by atoms with van der Waals surface area (Å²) in [6.45, 7) is 3.49. The molecule has 2 aromatic carbocycles. The lowest BCUT2D eigenvalue weighted by molar-refractivity contribution is 0.631. The quantitative estimate of drug-likeness (QED) is 0.725. The molecule has 4 heteroatoms. The number of hydrogen-bond acceptors (Lipinski definition) is 3. The minimum atomic E-state index is -0.345. The highest BCUT2D eigenvalue weighted by molar-refractivity contribution is 5.80. The van der Waals surface area contributed by atoms with E-state index in [1.165, 1.54) is 6.07 Å². The number of para-hydroxylation sites is 1. The Morgan fingerprint density at radius 3 is 2.81 bits per heavy atom. The van der Waals surface area contributed by atoms with Gasteiger partial charge in [0.15, 0.2) is 0 Å². The van der Waals surface area contributed by atoms with Gasteiger partial charge < -0.3 is 5.32 Å². The monoisotopic (exact) mass is 276 g/mol. The number of rotatable bonds is 2. The van der Waals surface area contributed by atoms with E-state index in [1.807, 2.05) is 18.2 Å². The normalized spacial score (nSPS) is 10.0. The minimum Gasteiger partial charge on any atom is -0.322 e. The van der Waals surface area contributed by atoms with Gasteiger partial charge in [0.1, 0.15) is 5.82 Å². The number of benzene rings is 2. The zero-order valence-corrected chi connectivity index (χ0v) is 11.1. The molecule has 0 aliphatic heterocycles. The Balaban J connectivity index is 1.96. The second-order valence-electron chi connectivity index (χ2n) is 4.37. The maximum absolute atomic E-state index is 13.6. The predicted molar refractivity (Wildman–Crippen MR) is 81.5 cm³/mol. The van der Waals surface area contributed by atoms with Crippen molar-refractivity contribution in [2.75, 3.05) is 5.32 Å². The van der Waals surface area contributed by atoms with Gasteiger partial charge in [0, 0.05) is 24.1 Å². The van der Waals surface area contributed by atoms with Crippen molar-refractivity contribution >= 4 is 22.5 Å². The average Bonchev–Trinajstić information content (AvgIpc) is 2.50. The van der Waals surface area contributed by atoms with Gasteiger partial charge in [0.05, 0.1) is 11.2 Å². The largest absolute Gasteiger partial charge is 0.322 e. The lowest BCUT2D eigenvalue weighted by Gasteiger charge is -2.06. The van der Waals surface area contributed by atoms with E-state index in [-0.39, 0.29) is 5.82 Å². The number of anilines is 2. The molecule has 3 aromatic rings. The number of aromatic nitrogens is 2. The van der Waals surface area contributed by atoms with Gasteiger partial charge in [0.2, 0.25) is 5.95 Å². The Morgan fingerprint density at radius 1 is 1.14 bits per heavy atom. The van der Waals surface area contributed by atoms with Crippen molar-refractivity contribution in [3.8, 4) is 11.8 Å². The summed E-state index contributed by atoms with van der Waals surface area (Å²) < 4.78 is 13.6. The van der Waals surface area contributed by atoms with Crippen LogP contribution in [0.3, 0.4) is 0 Å². The Kier molecular flexibility index (Phi) is 3.48. The van der Waals surface area contributed by atoms with Crippen LogP contribution in [-0.2, 0) is 0 Å². The summed E-state index contributed by atoms with van der Waals surface area (Å²) in [5.74, 6) is 5.49. The summed E-state index contributed by atoms with van der Waals surface area (Å²) in [4.78, 5) is 8.55. The molecule has 1 N–H and O–H groups in total. The van der Waals surface area contributed by atoms with Crippen LogP contribution in [0.5, 0.6) is 0 Å². The van der Waals surface area contributed by atoms with Crippen LogP contribution in [0.4, 0.5) is 16.0 Å². The molecule has 21 heavy (non-hydrogen) atoms. The fraction of sp³-hybridized carbons (Fsp3) is 0. The van der Waals surface area contributed by atoms with E-state index >= 15 is 0 Å². The second-order valence-corrected chi connectivity index (χ2v) is 4.37. The molecule has 0 aliphatic carbocycles. The smallest absolute Gasteiger partial charge is 0.227 e. The van der Waals surface area contributed by atoms with E-state index in [1.54, 1.807) is 24.4 Å². The molecule has 3 nitrogen and oxygen atoms in total. The van der Waals surface area contributed by atoms with Gasteiger partial charge in [-0.15, -0.1) is 0 Å². The van der Waals surface area contributed by atoms with Crippen molar-refractivity contribution in [3.63, 3.8) is 0 Å². The van der Waals surface area contributed by atoms with Crippen molar-refractivity contribution in [1.29, 1.82) is 0 Å². The molecule has 0 saturated heterocycles. The molecule has 101 valence electrons. The summed E-state index contributed by atoms with van der Waals surface area (Å²) >= 11 is 0. The molecule has 0 unspecified atom stereocenters. The van der Waals surface area contributed by atoms with Crippen LogP contribution in [0.2, 0.25) is 0 Å². The van der Waals surface area contributed by atoms with Crippen molar-refractivity contribution in [1.82, 2.24) is 9.97 Å². The van der Waals surface area contributed by atoms with Crippen molar-refractivity contribution in [2.45, 2.75) is 0 Å². The van der Waals surface area contributed by atoms with Gasteiger partial charge >= 0.3 is 0 Å². The predicted octanol–water partition coefficient (Wildman–Crippen LogP) is 3.70. The molecule has 1 heterocycles. The standard InChI is InChI=1S/C17H11FN3/c1-2-5-12-8-9-15-13(10-12)11-19-17(20-15)21-16-7-4-3-6-14(16)18/h3-4,6-11H,1H2,(H,19,20,21). The van der Waals surface area contributed by atoms with Crippen LogP contribution in [0.1, 0.15) is 5.56 Å². The third kappa shape index (κ3) is 2.82. The van der Waals surface area contributed by atoms with Crippen LogP contribution in [0.25, 0.3) is 10.9 Å². The highest BCUT2D eigenvalue weighted by atomic mass is 19.1. The van der Waals surface area contributed by atoms with E-state index in [2.05, 4.69) is 34.0 Å². The molecule has 0 spiro atoms. The first-order chi connectivity index (χ1) is 10.3. The summed E-state index contributed by atoms with van der Waals surface area (Å²) in [5, 5.41) is 3.74. The van der Waals surface area contributed by atoms with Crippen molar-refractivity contribution in [3.05, 3.63) is 67.0 Å². The first-order valence-corrected chi connectivity index (χ1v) is 6.33. The van der Waals surface area contributed by atoms with E-state index in [4.69, 9.17) is 0 Å². The van der Waals surface area contributed by atoms with Crippen LogP contribution in [0, 0.1) is 24.6 Å². The molecule has 0 atom stereocenters. The highest BCUT2D eigenvalue weighted by Gasteiger charge is 2.04. The molecule has 0 aliphatic rings. The summed E-state index contributed by atoms with van der Waals surface area (Å²) in [6.07, 6.45) is 1.68. The van der Waals surface area contributed by atoms with Crippen molar-refractivity contribution < 1.29 is 4.39 Å². The zero-order valence-electron chi connectivity index (χ0n) is 11.1. The number of fused-ring (bicyclic) bond motifs is 1. The Labute approximate surface area is 121 Å². The maximum Gasteiger partial charge on any atom is 0.227 e. The Bertz CT molecular complexity index is 863. The third-order valence-electron chi connectivity index (χ3n) is 2.93. The number of nitrogens with zero attached hydrogens (tertiary/aromatic N) is 2. The fourth-order valence-electron chi connectivity index (χ4n) is 1.96. The van der Waals surface area contributed by atoms with Crippen LogP contribution >= 0.6 is 0 Å². The van der Waals surface area contributed by atoms with E-state index < -0.39 is 0 Å². The van der Waals surface area contributed by atoms with Crippen LogP contribution in [0.15, 0.2) is 48.7 Å². The first kappa shape index (κ1) is 13.1. The van der Waals surface area contributed by atoms with Gasteiger partial charge in [-0.3, -0.25) is 0 Å².